The van der Waals surface area contributed by atoms with Gasteiger partial charge < -0.3 is 5.32 Å². The van der Waals surface area contributed by atoms with E-state index in [1.54, 1.807) is 11.3 Å². The Labute approximate surface area is 113 Å². The summed E-state index contributed by atoms with van der Waals surface area (Å²) in [6.07, 6.45) is 5.63. The summed E-state index contributed by atoms with van der Waals surface area (Å²) in [5, 5.41) is 4.27. The Hall–Kier alpha value is -0.460. The number of hydrogen-bond acceptors (Lipinski definition) is 5. The Balaban J connectivity index is 2.18. The smallest absolute Gasteiger partial charge is 0.153 e. The van der Waals surface area contributed by atoms with Crippen molar-refractivity contribution in [1.29, 1.82) is 0 Å². The van der Waals surface area contributed by atoms with Crippen LogP contribution >= 0.6 is 11.3 Å². The molecule has 1 aromatic rings. The van der Waals surface area contributed by atoms with E-state index in [0.29, 0.717) is 6.04 Å². The minimum Gasteiger partial charge on any atom is -0.309 e. The molecule has 1 aliphatic carbocycles. The molecule has 0 aliphatic heterocycles. The topological polar surface area (TPSA) is 59.1 Å². The molecule has 1 heterocycles. The molecular weight excluding hydrogens is 268 g/mol. The van der Waals surface area contributed by atoms with Crippen LogP contribution in [0.3, 0.4) is 0 Å². The summed E-state index contributed by atoms with van der Waals surface area (Å²) in [5.41, 5.74) is 1.11. The molecule has 1 atom stereocenters. The molecule has 1 aromatic heterocycles. The van der Waals surface area contributed by atoms with Gasteiger partial charge in [-0.3, -0.25) is 0 Å². The van der Waals surface area contributed by atoms with Crippen molar-refractivity contribution in [3.63, 3.8) is 0 Å². The van der Waals surface area contributed by atoms with Gasteiger partial charge in [0.1, 0.15) is 10.8 Å². The summed E-state index contributed by atoms with van der Waals surface area (Å²) < 4.78 is 22.6. The Morgan fingerprint density at radius 1 is 1.50 bits per heavy atom. The van der Waals surface area contributed by atoms with Gasteiger partial charge in [-0.15, -0.1) is 11.3 Å². The van der Waals surface area contributed by atoms with Gasteiger partial charge in [-0.05, 0) is 32.2 Å². The second kappa shape index (κ2) is 5.67. The molecule has 18 heavy (non-hydrogen) atoms. The van der Waals surface area contributed by atoms with Gasteiger partial charge in [0.2, 0.25) is 0 Å². The maximum Gasteiger partial charge on any atom is 0.153 e. The predicted molar refractivity (Wildman–Crippen MR) is 74.6 cm³/mol. The first-order chi connectivity index (χ1) is 8.49. The molecule has 2 rings (SSSR count). The molecule has 0 saturated carbocycles. The number of aryl methyl sites for hydroxylation is 1. The van der Waals surface area contributed by atoms with Crippen molar-refractivity contribution in [2.75, 3.05) is 12.8 Å². The monoisotopic (exact) mass is 288 g/mol. The third kappa shape index (κ3) is 3.52. The molecule has 1 aliphatic rings. The summed E-state index contributed by atoms with van der Waals surface area (Å²) in [7, 11) is -2.98. The third-order valence-corrected chi connectivity index (χ3v) is 5.21. The van der Waals surface area contributed by atoms with E-state index in [0.717, 1.165) is 42.9 Å². The maximum atomic E-state index is 11.3. The molecule has 1 unspecified atom stereocenters. The average molecular weight is 288 g/mol. The Morgan fingerprint density at radius 3 is 2.94 bits per heavy atom. The van der Waals surface area contributed by atoms with Crippen molar-refractivity contribution < 1.29 is 8.42 Å². The van der Waals surface area contributed by atoms with Crippen LogP contribution in [0, 0.1) is 0 Å². The summed E-state index contributed by atoms with van der Waals surface area (Å²) in [5.74, 6) is 0.0746. The molecule has 0 fully saturated rings. The minimum absolute atomic E-state index is 0.0746. The van der Waals surface area contributed by atoms with E-state index in [2.05, 4.69) is 17.2 Å². The quantitative estimate of drug-likeness (QED) is 0.901. The number of nitrogens with one attached hydrogen (secondary N) is 1. The Bertz CT molecular complexity index is 508. The lowest BCUT2D eigenvalue weighted by molar-refractivity contribution is 0.464. The SMILES string of the molecule is CCCNC1CCCc2nc(CS(C)(=O)=O)sc21. The van der Waals surface area contributed by atoms with Crippen molar-refractivity contribution in [2.45, 2.75) is 44.4 Å². The first kappa shape index (κ1) is 14.0. The molecule has 0 bridgehead atoms. The second-order valence-corrected chi connectivity index (χ2v) is 8.14. The van der Waals surface area contributed by atoms with E-state index in [-0.39, 0.29) is 5.75 Å². The highest BCUT2D eigenvalue weighted by atomic mass is 32.2. The second-order valence-electron chi connectivity index (χ2n) is 4.89. The van der Waals surface area contributed by atoms with E-state index >= 15 is 0 Å². The number of sulfone groups is 1. The standard InChI is InChI=1S/C12H20N2O2S2/c1-3-7-13-9-5-4-6-10-12(9)17-11(14-10)8-18(2,15)16/h9,13H,3-8H2,1-2H3. The first-order valence-corrected chi connectivity index (χ1v) is 9.27. The van der Waals surface area contributed by atoms with E-state index in [9.17, 15) is 8.42 Å². The summed E-state index contributed by atoms with van der Waals surface area (Å²) in [6.45, 7) is 3.15. The van der Waals surface area contributed by atoms with Gasteiger partial charge in [0.05, 0.1) is 5.69 Å². The predicted octanol–water partition coefficient (Wildman–Crippen LogP) is 2.06. The molecule has 0 radical (unpaired) electrons. The van der Waals surface area contributed by atoms with Crippen molar-refractivity contribution in [2.24, 2.45) is 0 Å². The van der Waals surface area contributed by atoms with Crippen molar-refractivity contribution in [3.8, 4) is 0 Å². The lowest BCUT2D eigenvalue weighted by Crippen LogP contribution is -2.24. The maximum absolute atomic E-state index is 11.3. The van der Waals surface area contributed by atoms with Crippen molar-refractivity contribution in [1.82, 2.24) is 10.3 Å². The fourth-order valence-corrected chi connectivity index (χ4v) is 4.68. The Morgan fingerprint density at radius 2 is 2.28 bits per heavy atom. The average Bonchev–Trinajstić information content (AvgIpc) is 2.66. The summed E-state index contributed by atoms with van der Waals surface area (Å²) in [6, 6.07) is 0.375. The number of fused-ring (bicyclic) bond motifs is 1. The number of nitrogens with zero attached hydrogens (tertiary/aromatic N) is 1. The summed E-state index contributed by atoms with van der Waals surface area (Å²) in [4.78, 5) is 5.75. The highest BCUT2D eigenvalue weighted by molar-refractivity contribution is 7.90. The number of thiazole rings is 1. The van der Waals surface area contributed by atoms with Crippen LogP contribution < -0.4 is 5.32 Å². The first-order valence-electron chi connectivity index (χ1n) is 6.39. The number of hydrogen-bond donors (Lipinski definition) is 1. The fraction of sp³-hybridized carbons (Fsp3) is 0.750. The van der Waals surface area contributed by atoms with Gasteiger partial charge in [0, 0.05) is 17.2 Å². The van der Waals surface area contributed by atoms with Crippen LogP contribution in [0.5, 0.6) is 0 Å². The van der Waals surface area contributed by atoms with Crippen LogP contribution in [-0.2, 0) is 22.0 Å². The normalized spacial score (nSPS) is 19.8. The van der Waals surface area contributed by atoms with Gasteiger partial charge in [-0.2, -0.15) is 0 Å². The van der Waals surface area contributed by atoms with Crippen molar-refractivity contribution in [3.05, 3.63) is 15.6 Å². The largest absolute Gasteiger partial charge is 0.309 e. The van der Waals surface area contributed by atoms with Crippen molar-refractivity contribution >= 4 is 21.2 Å². The zero-order valence-corrected chi connectivity index (χ0v) is 12.5. The minimum atomic E-state index is -2.98. The van der Waals surface area contributed by atoms with Crippen LogP contribution in [0.2, 0.25) is 0 Å². The highest BCUT2D eigenvalue weighted by Crippen LogP contribution is 2.34. The van der Waals surface area contributed by atoms with Crippen LogP contribution in [0.15, 0.2) is 0 Å². The molecule has 0 aromatic carbocycles. The van der Waals surface area contributed by atoms with Gasteiger partial charge >= 0.3 is 0 Å². The molecule has 1 N–H and O–H groups in total. The molecule has 6 heteroatoms. The van der Waals surface area contributed by atoms with Crippen LogP contribution in [0.4, 0.5) is 0 Å². The van der Waals surface area contributed by atoms with E-state index in [4.69, 9.17) is 0 Å². The molecule has 4 nitrogen and oxygen atoms in total. The van der Waals surface area contributed by atoms with E-state index in [1.807, 2.05) is 0 Å². The van der Waals surface area contributed by atoms with E-state index < -0.39 is 9.84 Å². The Kier molecular flexibility index (Phi) is 4.40. The lowest BCUT2D eigenvalue weighted by atomic mass is 9.98. The van der Waals surface area contributed by atoms with Crippen LogP contribution in [0.25, 0.3) is 0 Å². The molecule has 0 saturated heterocycles. The third-order valence-electron chi connectivity index (χ3n) is 3.02. The van der Waals surface area contributed by atoms with Gasteiger partial charge in [0.25, 0.3) is 0 Å². The fourth-order valence-electron chi connectivity index (χ4n) is 2.27. The molecule has 102 valence electrons. The molecular formula is C12H20N2O2S2. The number of rotatable bonds is 5. The van der Waals surface area contributed by atoms with Crippen LogP contribution in [-0.4, -0.2) is 26.2 Å². The zero-order chi connectivity index (χ0) is 13.2. The number of aromatic nitrogens is 1. The van der Waals surface area contributed by atoms with E-state index in [1.165, 1.54) is 11.1 Å². The summed E-state index contributed by atoms with van der Waals surface area (Å²) >= 11 is 1.57. The molecule has 0 spiro atoms. The van der Waals surface area contributed by atoms with Gasteiger partial charge in [-0.25, -0.2) is 13.4 Å². The van der Waals surface area contributed by atoms with Gasteiger partial charge in [0.15, 0.2) is 9.84 Å². The van der Waals surface area contributed by atoms with Crippen LogP contribution in [0.1, 0.15) is 47.8 Å². The van der Waals surface area contributed by atoms with Gasteiger partial charge in [-0.1, -0.05) is 6.92 Å². The molecule has 0 amide bonds. The lowest BCUT2D eigenvalue weighted by Gasteiger charge is -2.22. The highest BCUT2D eigenvalue weighted by Gasteiger charge is 2.24. The zero-order valence-electron chi connectivity index (χ0n) is 10.9.